The Morgan fingerprint density at radius 2 is 1.90 bits per heavy atom. The van der Waals surface area contributed by atoms with E-state index in [9.17, 15) is 13.6 Å². The van der Waals surface area contributed by atoms with Gasteiger partial charge in [0.1, 0.15) is 17.9 Å². The molecule has 0 saturated carbocycles. The lowest BCUT2D eigenvalue weighted by Gasteiger charge is -2.07. The maximum atomic E-state index is 13.7. The fourth-order valence-corrected chi connectivity index (χ4v) is 2.26. The number of benzene rings is 2. The Labute approximate surface area is 114 Å². The Morgan fingerprint density at radius 1 is 1.05 bits per heavy atom. The molecule has 0 unspecified atom stereocenters. The van der Waals surface area contributed by atoms with Crippen molar-refractivity contribution in [2.75, 3.05) is 0 Å². The first-order valence-corrected chi connectivity index (χ1v) is 6.15. The number of hydrogen-bond acceptors (Lipinski definition) is 1. The van der Waals surface area contributed by atoms with Gasteiger partial charge in [-0.15, -0.1) is 0 Å². The number of aromatic nitrogens is 1. The molecule has 0 aliphatic rings. The standard InChI is InChI=1S/C16H11F2NO/c17-14-3-4-15(18)13(8-14)9-19-6-5-12-2-1-11(10-20)7-16(12)19/h1-8,10H,9H2. The molecule has 3 rings (SSSR count). The zero-order valence-corrected chi connectivity index (χ0v) is 10.5. The van der Waals surface area contributed by atoms with E-state index in [1.165, 1.54) is 6.07 Å². The minimum absolute atomic E-state index is 0.218. The summed E-state index contributed by atoms with van der Waals surface area (Å²) in [6, 6.07) is 10.6. The molecule has 0 radical (unpaired) electrons. The molecule has 100 valence electrons. The van der Waals surface area contributed by atoms with Crippen molar-refractivity contribution in [3.8, 4) is 0 Å². The highest BCUT2D eigenvalue weighted by atomic mass is 19.1. The molecule has 1 heterocycles. The van der Waals surface area contributed by atoms with Crippen LogP contribution in [0.1, 0.15) is 15.9 Å². The zero-order chi connectivity index (χ0) is 14.1. The van der Waals surface area contributed by atoms with Gasteiger partial charge in [0.15, 0.2) is 0 Å². The summed E-state index contributed by atoms with van der Waals surface area (Å²) in [6.07, 6.45) is 2.56. The molecular formula is C16H11F2NO. The summed E-state index contributed by atoms with van der Waals surface area (Å²) in [5, 5.41) is 0.951. The quantitative estimate of drug-likeness (QED) is 0.664. The zero-order valence-electron chi connectivity index (χ0n) is 10.5. The average molecular weight is 271 g/mol. The number of nitrogens with zero attached hydrogens (tertiary/aromatic N) is 1. The number of carbonyl (C=O) groups is 1. The molecule has 0 amide bonds. The van der Waals surface area contributed by atoms with Gasteiger partial charge in [0.25, 0.3) is 0 Å². The number of hydrogen-bond donors (Lipinski definition) is 0. The first kappa shape index (κ1) is 12.5. The summed E-state index contributed by atoms with van der Waals surface area (Å²) in [5.74, 6) is -0.911. The van der Waals surface area contributed by atoms with Gasteiger partial charge in [-0.2, -0.15) is 0 Å². The van der Waals surface area contributed by atoms with Crippen molar-refractivity contribution in [3.63, 3.8) is 0 Å². The van der Waals surface area contributed by atoms with Crippen LogP contribution >= 0.6 is 0 Å². The highest BCUT2D eigenvalue weighted by molar-refractivity contribution is 5.87. The minimum atomic E-state index is -0.466. The van der Waals surface area contributed by atoms with E-state index in [-0.39, 0.29) is 12.1 Å². The summed E-state index contributed by atoms with van der Waals surface area (Å²) in [6.45, 7) is 0.218. The molecule has 1 aromatic heterocycles. The van der Waals surface area contributed by atoms with Crippen molar-refractivity contribution >= 4 is 17.2 Å². The summed E-state index contributed by atoms with van der Waals surface area (Å²) < 4.78 is 28.6. The van der Waals surface area contributed by atoms with Gasteiger partial charge >= 0.3 is 0 Å². The van der Waals surface area contributed by atoms with Gasteiger partial charge in [-0.1, -0.05) is 12.1 Å². The molecule has 2 aromatic carbocycles. The van der Waals surface area contributed by atoms with E-state index in [0.717, 1.165) is 29.3 Å². The molecule has 0 saturated heterocycles. The first-order chi connectivity index (χ1) is 9.67. The van der Waals surface area contributed by atoms with Crippen LogP contribution in [0.25, 0.3) is 10.9 Å². The van der Waals surface area contributed by atoms with Crippen molar-refractivity contribution < 1.29 is 13.6 Å². The Balaban J connectivity index is 2.06. The summed E-state index contributed by atoms with van der Waals surface area (Å²) in [4.78, 5) is 10.8. The van der Waals surface area contributed by atoms with Crippen molar-refractivity contribution in [2.24, 2.45) is 0 Å². The third-order valence-electron chi connectivity index (χ3n) is 3.28. The second kappa shape index (κ2) is 4.89. The van der Waals surface area contributed by atoms with Gasteiger partial charge in [-0.05, 0) is 35.7 Å². The molecule has 0 atom stereocenters. The van der Waals surface area contributed by atoms with Gasteiger partial charge in [-0.25, -0.2) is 8.78 Å². The predicted molar refractivity (Wildman–Crippen MR) is 72.8 cm³/mol. The molecule has 20 heavy (non-hydrogen) atoms. The lowest BCUT2D eigenvalue weighted by molar-refractivity contribution is 0.112. The Hall–Kier alpha value is -2.49. The fourth-order valence-electron chi connectivity index (χ4n) is 2.26. The van der Waals surface area contributed by atoms with Crippen LogP contribution in [0.5, 0.6) is 0 Å². The largest absolute Gasteiger partial charge is 0.343 e. The SMILES string of the molecule is O=Cc1ccc2ccn(Cc3cc(F)ccc3F)c2c1. The van der Waals surface area contributed by atoms with E-state index in [4.69, 9.17) is 0 Å². The normalized spacial score (nSPS) is 10.9. The molecular weight excluding hydrogens is 260 g/mol. The summed E-state index contributed by atoms with van der Waals surface area (Å²) in [5.41, 5.74) is 1.65. The van der Waals surface area contributed by atoms with Crippen molar-refractivity contribution in [3.05, 3.63) is 71.4 Å². The van der Waals surface area contributed by atoms with E-state index in [1.807, 2.05) is 12.1 Å². The lowest BCUT2D eigenvalue weighted by Crippen LogP contribution is -2.01. The Morgan fingerprint density at radius 3 is 2.70 bits per heavy atom. The van der Waals surface area contributed by atoms with Crippen LogP contribution in [0.2, 0.25) is 0 Å². The summed E-state index contributed by atoms with van der Waals surface area (Å²) >= 11 is 0. The van der Waals surface area contributed by atoms with Crippen LogP contribution in [0.3, 0.4) is 0 Å². The summed E-state index contributed by atoms with van der Waals surface area (Å²) in [7, 11) is 0. The predicted octanol–water partition coefficient (Wildman–Crippen LogP) is 3.78. The number of halogens is 2. The third-order valence-corrected chi connectivity index (χ3v) is 3.28. The maximum absolute atomic E-state index is 13.7. The maximum Gasteiger partial charge on any atom is 0.150 e. The molecule has 0 aliphatic heterocycles. The Bertz CT molecular complexity index is 792. The van der Waals surface area contributed by atoms with E-state index >= 15 is 0 Å². The van der Waals surface area contributed by atoms with Crippen LogP contribution in [-0.2, 0) is 6.54 Å². The van der Waals surface area contributed by atoms with Crippen LogP contribution < -0.4 is 0 Å². The number of fused-ring (bicyclic) bond motifs is 1. The molecule has 0 fully saturated rings. The van der Waals surface area contributed by atoms with Gasteiger partial charge in [-0.3, -0.25) is 4.79 Å². The molecule has 0 bridgehead atoms. The van der Waals surface area contributed by atoms with Crippen LogP contribution in [-0.4, -0.2) is 10.9 Å². The van der Waals surface area contributed by atoms with Gasteiger partial charge in [0.2, 0.25) is 0 Å². The van der Waals surface area contributed by atoms with Gasteiger partial charge < -0.3 is 4.57 Å². The van der Waals surface area contributed by atoms with Crippen molar-refractivity contribution in [1.82, 2.24) is 4.57 Å². The van der Waals surface area contributed by atoms with E-state index < -0.39 is 11.6 Å². The van der Waals surface area contributed by atoms with Gasteiger partial charge in [0, 0.05) is 22.8 Å². The number of aldehydes is 1. The fraction of sp³-hybridized carbons (Fsp3) is 0.0625. The highest BCUT2D eigenvalue weighted by Gasteiger charge is 2.07. The highest BCUT2D eigenvalue weighted by Crippen LogP contribution is 2.20. The average Bonchev–Trinajstić information content (AvgIpc) is 2.85. The topological polar surface area (TPSA) is 22.0 Å². The van der Waals surface area contributed by atoms with Crippen LogP contribution in [0, 0.1) is 11.6 Å². The van der Waals surface area contributed by atoms with E-state index in [2.05, 4.69) is 0 Å². The van der Waals surface area contributed by atoms with Crippen molar-refractivity contribution in [2.45, 2.75) is 6.54 Å². The number of carbonyl (C=O) groups excluding carboxylic acids is 1. The number of rotatable bonds is 3. The van der Waals surface area contributed by atoms with Gasteiger partial charge in [0.05, 0.1) is 6.54 Å². The smallest absolute Gasteiger partial charge is 0.150 e. The van der Waals surface area contributed by atoms with E-state index in [0.29, 0.717) is 5.56 Å². The molecule has 4 heteroatoms. The Kier molecular flexibility index (Phi) is 3.06. The minimum Gasteiger partial charge on any atom is -0.343 e. The van der Waals surface area contributed by atoms with E-state index in [1.54, 1.807) is 22.9 Å². The monoisotopic (exact) mass is 271 g/mol. The molecule has 0 N–H and O–H groups in total. The van der Waals surface area contributed by atoms with Crippen LogP contribution in [0.4, 0.5) is 8.78 Å². The molecule has 0 aliphatic carbocycles. The van der Waals surface area contributed by atoms with Crippen LogP contribution in [0.15, 0.2) is 48.7 Å². The molecule has 3 aromatic rings. The first-order valence-electron chi connectivity index (χ1n) is 6.15. The van der Waals surface area contributed by atoms with Crippen molar-refractivity contribution in [1.29, 1.82) is 0 Å². The lowest BCUT2D eigenvalue weighted by atomic mass is 10.1. The molecule has 0 spiro atoms. The second-order valence-electron chi connectivity index (χ2n) is 4.62. The second-order valence-corrected chi connectivity index (χ2v) is 4.62. The third kappa shape index (κ3) is 2.20. The molecule has 2 nitrogen and oxygen atoms in total.